The van der Waals surface area contributed by atoms with E-state index in [0.717, 1.165) is 11.3 Å². The van der Waals surface area contributed by atoms with Gasteiger partial charge in [-0.15, -0.1) is 0 Å². The summed E-state index contributed by atoms with van der Waals surface area (Å²) in [6, 6.07) is 11.0. The molecule has 0 bridgehead atoms. The molecule has 1 aromatic carbocycles. The van der Waals surface area contributed by atoms with Gasteiger partial charge in [0.25, 0.3) is 0 Å². The van der Waals surface area contributed by atoms with Crippen molar-refractivity contribution in [2.45, 2.75) is 6.92 Å². The van der Waals surface area contributed by atoms with E-state index in [1.54, 1.807) is 18.3 Å². The van der Waals surface area contributed by atoms with Gasteiger partial charge in [0.15, 0.2) is 0 Å². The van der Waals surface area contributed by atoms with Crippen LogP contribution in [0.4, 0.5) is 10.4 Å². The number of amides is 2. The number of carbonyl (C=O) groups is 2. The quantitative estimate of drug-likeness (QED) is 0.614. The Kier molecular flexibility index (Phi) is 4.41. The molecule has 3 aromatic rings. The normalized spacial score (nSPS) is 10.3. The number of H-pyrrole nitrogens is 1. The summed E-state index contributed by atoms with van der Waals surface area (Å²) in [5, 5.41) is 5.56. The van der Waals surface area contributed by atoms with Gasteiger partial charge < -0.3 is 0 Å². The van der Waals surface area contributed by atoms with Crippen LogP contribution in [0.15, 0.2) is 48.8 Å². The fourth-order valence-electron chi connectivity index (χ4n) is 1.99. The second-order valence-electron chi connectivity index (χ2n) is 4.89. The van der Waals surface area contributed by atoms with Crippen molar-refractivity contribution in [1.29, 1.82) is 0 Å². The van der Waals surface area contributed by atoms with Gasteiger partial charge in [-0.3, -0.25) is 0 Å². The molecule has 3 N–H and O–H groups in total. The zero-order valence-electron chi connectivity index (χ0n) is 12.3. The average molecular weight is 373 g/mol. The minimum absolute atomic E-state index is 0.191. The molecule has 0 unspecified atom stereocenters. The second-order valence-corrected chi connectivity index (χ2v) is 7.05. The molecule has 0 fully saturated rings. The third kappa shape index (κ3) is 3.77. The number of hydrogen-bond donors (Lipinski definition) is 3. The standard InChI is InChI=1S/C16H14N4O2Se/c1-10-4-2-5-11(8-10)19-15(22)13-9-18-16(23-13)20-14(21)12-6-3-7-17-12/h2-9,17H,1H3,(H,19,22)(H,18,20,21). The van der Waals surface area contributed by atoms with E-state index in [0.29, 0.717) is 14.8 Å². The fraction of sp³-hybridized carbons (Fsp3) is 0.0625. The molecule has 116 valence electrons. The van der Waals surface area contributed by atoms with E-state index in [1.807, 2.05) is 31.2 Å². The first-order valence-corrected chi connectivity index (χ1v) is 8.62. The van der Waals surface area contributed by atoms with Crippen LogP contribution < -0.4 is 10.6 Å². The molecular formula is C16H14N4O2Se. The summed E-state index contributed by atoms with van der Waals surface area (Å²) < 4.78 is 1.09. The van der Waals surface area contributed by atoms with Gasteiger partial charge in [-0.25, -0.2) is 0 Å². The van der Waals surface area contributed by atoms with Crippen molar-refractivity contribution in [2.75, 3.05) is 10.6 Å². The number of nitrogens with one attached hydrogen (secondary N) is 3. The number of aryl methyl sites for hydroxylation is 1. The van der Waals surface area contributed by atoms with E-state index in [4.69, 9.17) is 0 Å². The number of nitrogens with zero attached hydrogens (tertiary/aromatic N) is 1. The third-order valence-corrected chi connectivity index (χ3v) is 4.98. The fourth-order valence-corrected chi connectivity index (χ4v) is 3.47. The van der Waals surface area contributed by atoms with Crippen LogP contribution in [0.1, 0.15) is 25.3 Å². The number of benzene rings is 1. The zero-order valence-corrected chi connectivity index (χ0v) is 14.0. The van der Waals surface area contributed by atoms with E-state index in [2.05, 4.69) is 20.6 Å². The van der Waals surface area contributed by atoms with Crippen LogP contribution in [0.25, 0.3) is 0 Å². The Balaban J connectivity index is 1.66. The van der Waals surface area contributed by atoms with Gasteiger partial charge in [0.1, 0.15) is 0 Å². The van der Waals surface area contributed by atoms with Crippen molar-refractivity contribution in [3.05, 3.63) is 64.5 Å². The first-order valence-electron chi connectivity index (χ1n) is 6.90. The summed E-state index contributed by atoms with van der Waals surface area (Å²) >= 11 is -0.323. The molecule has 0 aliphatic rings. The molecule has 7 heteroatoms. The third-order valence-electron chi connectivity index (χ3n) is 3.07. The van der Waals surface area contributed by atoms with Gasteiger partial charge in [-0.1, -0.05) is 0 Å². The van der Waals surface area contributed by atoms with Gasteiger partial charge in [-0.05, 0) is 0 Å². The van der Waals surface area contributed by atoms with Crippen molar-refractivity contribution in [3.63, 3.8) is 0 Å². The maximum absolute atomic E-state index is 12.2. The Morgan fingerprint density at radius 1 is 1.13 bits per heavy atom. The van der Waals surface area contributed by atoms with E-state index in [9.17, 15) is 9.59 Å². The van der Waals surface area contributed by atoms with E-state index >= 15 is 0 Å². The van der Waals surface area contributed by atoms with Crippen molar-refractivity contribution in [2.24, 2.45) is 0 Å². The molecule has 0 spiro atoms. The number of rotatable bonds is 4. The van der Waals surface area contributed by atoms with Gasteiger partial charge in [0.05, 0.1) is 0 Å². The van der Waals surface area contributed by atoms with Crippen LogP contribution in [0.5, 0.6) is 0 Å². The van der Waals surface area contributed by atoms with Crippen LogP contribution >= 0.6 is 0 Å². The number of aromatic nitrogens is 2. The summed E-state index contributed by atoms with van der Waals surface area (Å²) in [5.41, 5.74) is 2.28. The number of anilines is 2. The molecule has 3 rings (SSSR count). The van der Waals surface area contributed by atoms with Crippen molar-refractivity contribution in [1.82, 2.24) is 9.97 Å². The summed E-state index contributed by atoms with van der Waals surface area (Å²) in [6.07, 6.45) is 3.19. The Bertz CT molecular complexity index is 839. The Hall–Kier alpha value is -2.63. The molecule has 6 nitrogen and oxygen atoms in total. The molecule has 0 radical (unpaired) electrons. The average Bonchev–Trinajstić information content (AvgIpc) is 3.18. The number of hydrogen-bond acceptors (Lipinski definition) is 3. The van der Waals surface area contributed by atoms with Crippen LogP contribution in [-0.2, 0) is 0 Å². The first-order chi connectivity index (χ1) is 11.1. The monoisotopic (exact) mass is 374 g/mol. The Morgan fingerprint density at radius 2 is 2.00 bits per heavy atom. The topological polar surface area (TPSA) is 86.9 Å². The SMILES string of the molecule is Cc1cccc(NC(=O)c2cnc(NC(=O)c3ccc[nH]3)[se]2)c1. The van der Waals surface area contributed by atoms with Crippen molar-refractivity contribution < 1.29 is 9.59 Å². The number of aromatic amines is 1. The van der Waals surface area contributed by atoms with Gasteiger partial charge in [0.2, 0.25) is 0 Å². The van der Waals surface area contributed by atoms with Gasteiger partial charge in [0, 0.05) is 0 Å². The molecule has 2 aromatic heterocycles. The van der Waals surface area contributed by atoms with Crippen LogP contribution in [-0.4, -0.2) is 36.3 Å². The van der Waals surface area contributed by atoms with Crippen molar-refractivity contribution in [3.8, 4) is 0 Å². The molecule has 23 heavy (non-hydrogen) atoms. The predicted octanol–water partition coefficient (Wildman–Crippen LogP) is 2.28. The molecular weight excluding hydrogens is 359 g/mol. The first kappa shape index (κ1) is 15.3. The van der Waals surface area contributed by atoms with Crippen LogP contribution in [0.3, 0.4) is 0 Å². The summed E-state index contributed by atoms with van der Waals surface area (Å²) in [5.74, 6) is -0.451. The van der Waals surface area contributed by atoms with Crippen LogP contribution in [0.2, 0.25) is 0 Å². The molecule has 2 amide bonds. The molecule has 0 aliphatic carbocycles. The van der Waals surface area contributed by atoms with E-state index < -0.39 is 0 Å². The van der Waals surface area contributed by atoms with Crippen molar-refractivity contribution >= 4 is 36.7 Å². The molecule has 0 saturated carbocycles. The maximum atomic E-state index is 12.2. The Labute approximate surface area is 138 Å². The molecule has 0 aliphatic heterocycles. The van der Waals surface area contributed by atoms with Gasteiger partial charge in [-0.2, -0.15) is 0 Å². The van der Waals surface area contributed by atoms with E-state index in [1.165, 1.54) is 6.20 Å². The summed E-state index contributed by atoms with van der Waals surface area (Å²) in [6.45, 7) is 1.96. The second kappa shape index (κ2) is 6.64. The Morgan fingerprint density at radius 3 is 2.74 bits per heavy atom. The molecule has 0 atom stereocenters. The zero-order chi connectivity index (χ0) is 16.2. The van der Waals surface area contributed by atoms with Crippen LogP contribution in [0, 0.1) is 6.92 Å². The molecule has 2 heterocycles. The van der Waals surface area contributed by atoms with E-state index in [-0.39, 0.29) is 26.3 Å². The summed E-state index contributed by atoms with van der Waals surface area (Å²) in [4.78, 5) is 31.1. The number of carbonyl (C=O) groups excluding carboxylic acids is 2. The molecule has 0 saturated heterocycles. The minimum atomic E-state index is -0.323. The summed E-state index contributed by atoms with van der Waals surface area (Å²) in [7, 11) is 0. The van der Waals surface area contributed by atoms with Gasteiger partial charge >= 0.3 is 138 Å². The predicted molar refractivity (Wildman–Crippen MR) is 89.1 cm³/mol.